The zero-order chi connectivity index (χ0) is 11.8. The molecule has 7 nitrogen and oxygen atoms in total. The number of carbonyl (C=O) groups excluding carboxylic acids is 3. The molecule has 86 valence electrons. The van der Waals surface area contributed by atoms with Gasteiger partial charge >= 0.3 is 12.0 Å². The second kappa shape index (κ2) is 6.63. The lowest BCUT2D eigenvalue weighted by Gasteiger charge is -2.10. The molecule has 0 aromatic carbocycles. The van der Waals surface area contributed by atoms with Crippen molar-refractivity contribution in [2.45, 2.75) is 19.9 Å². The lowest BCUT2D eigenvalue weighted by molar-refractivity contribution is -0.141. The van der Waals surface area contributed by atoms with Crippen molar-refractivity contribution in [3.8, 4) is 0 Å². The molecule has 15 heavy (non-hydrogen) atoms. The van der Waals surface area contributed by atoms with Crippen LogP contribution in [0.3, 0.4) is 0 Å². The van der Waals surface area contributed by atoms with E-state index in [2.05, 4.69) is 15.4 Å². The highest BCUT2D eigenvalue weighted by Crippen LogP contribution is 1.79. The highest BCUT2D eigenvalue weighted by Gasteiger charge is 2.12. The summed E-state index contributed by atoms with van der Waals surface area (Å²) >= 11 is 0. The second-order valence-corrected chi connectivity index (χ2v) is 2.76. The quantitative estimate of drug-likeness (QED) is 0.498. The van der Waals surface area contributed by atoms with E-state index in [1.165, 1.54) is 6.92 Å². The van der Waals surface area contributed by atoms with Crippen molar-refractivity contribution in [2.24, 2.45) is 5.73 Å². The summed E-state index contributed by atoms with van der Waals surface area (Å²) in [6.45, 7) is 3.10. The van der Waals surface area contributed by atoms with Gasteiger partial charge in [0.25, 0.3) is 0 Å². The molecule has 0 saturated carbocycles. The summed E-state index contributed by atoms with van der Waals surface area (Å²) in [5, 5.41) is 4.47. The minimum absolute atomic E-state index is 0.245. The van der Waals surface area contributed by atoms with Gasteiger partial charge in [-0.15, -0.1) is 0 Å². The predicted molar refractivity (Wildman–Crippen MR) is 51.8 cm³/mol. The number of rotatable bonds is 5. The number of nitrogens with one attached hydrogen (secondary N) is 2. The van der Waals surface area contributed by atoms with Gasteiger partial charge < -0.3 is 21.1 Å². The van der Waals surface area contributed by atoms with Crippen molar-refractivity contribution >= 4 is 17.9 Å². The Hall–Kier alpha value is -1.79. The standard InChI is InChI=1S/C8H15N3O4/c1-3-15-6(12)4-10-8(14)11-5(2)7(9)13/h5H,3-4H2,1-2H3,(H2,9,13)(H2,10,11,14). The Morgan fingerprint density at radius 3 is 2.47 bits per heavy atom. The number of nitrogens with two attached hydrogens (primary N) is 1. The van der Waals surface area contributed by atoms with E-state index in [1.54, 1.807) is 6.92 Å². The molecule has 0 radical (unpaired) electrons. The third-order valence-electron chi connectivity index (χ3n) is 1.47. The molecule has 0 rings (SSSR count). The molecule has 1 atom stereocenters. The first-order valence-corrected chi connectivity index (χ1v) is 4.46. The van der Waals surface area contributed by atoms with Gasteiger partial charge in [0.15, 0.2) is 0 Å². The van der Waals surface area contributed by atoms with Crippen molar-refractivity contribution in [2.75, 3.05) is 13.2 Å². The average Bonchev–Trinajstić information content (AvgIpc) is 2.15. The summed E-state index contributed by atoms with van der Waals surface area (Å²) in [6, 6.07) is -1.43. The maximum atomic E-state index is 11.0. The topological polar surface area (TPSA) is 111 Å². The molecule has 0 fully saturated rings. The number of ether oxygens (including phenoxy) is 1. The Balaban J connectivity index is 3.75. The first kappa shape index (κ1) is 13.2. The van der Waals surface area contributed by atoms with Crippen LogP contribution in [0.5, 0.6) is 0 Å². The van der Waals surface area contributed by atoms with E-state index >= 15 is 0 Å². The molecule has 0 bridgehead atoms. The van der Waals surface area contributed by atoms with Crippen LogP contribution in [0, 0.1) is 0 Å². The van der Waals surface area contributed by atoms with Gasteiger partial charge in [-0.05, 0) is 13.8 Å². The van der Waals surface area contributed by atoms with E-state index in [1.807, 2.05) is 0 Å². The Morgan fingerprint density at radius 2 is 2.00 bits per heavy atom. The summed E-state index contributed by atoms with van der Waals surface area (Å²) < 4.78 is 4.57. The fourth-order valence-corrected chi connectivity index (χ4v) is 0.683. The number of esters is 1. The molecular weight excluding hydrogens is 202 g/mol. The Morgan fingerprint density at radius 1 is 1.40 bits per heavy atom. The summed E-state index contributed by atoms with van der Waals surface area (Å²) in [5.74, 6) is -1.19. The van der Waals surface area contributed by atoms with Crippen molar-refractivity contribution in [3.05, 3.63) is 0 Å². The number of urea groups is 1. The molecule has 0 aliphatic carbocycles. The zero-order valence-corrected chi connectivity index (χ0v) is 8.70. The van der Waals surface area contributed by atoms with Crippen molar-refractivity contribution in [1.82, 2.24) is 10.6 Å². The van der Waals surface area contributed by atoms with Crippen LogP contribution in [0.2, 0.25) is 0 Å². The highest BCUT2D eigenvalue weighted by atomic mass is 16.5. The zero-order valence-electron chi connectivity index (χ0n) is 8.70. The second-order valence-electron chi connectivity index (χ2n) is 2.76. The van der Waals surface area contributed by atoms with E-state index in [-0.39, 0.29) is 13.2 Å². The van der Waals surface area contributed by atoms with Gasteiger partial charge in [0, 0.05) is 0 Å². The van der Waals surface area contributed by atoms with Crippen molar-refractivity contribution in [1.29, 1.82) is 0 Å². The van der Waals surface area contributed by atoms with Crippen LogP contribution in [-0.2, 0) is 14.3 Å². The van der Waals surface area contributed by atoms with E-state index in [9.17, 15) is 14.4 Å². The number of primary amides is 1. The van der Waals surface area contributed by atoms with E-state index in [0.29, 0.717) is 0 Å². The van der Waals surface area contributed by atoms with Gasteiger partial charge in [0.2, 0.25) is 5.91 Å². The van der Waals surface area contributed by atoms with Crippen molar-refractivity contribution in [3.63, 3.8) is 0 Å². The molecule has 0 aromatic rings. The van der Waals surface area contributed by atoms with Gasteiger partial charge in [0.1, 0.15) is 12.6 Å². The third-order valence-corrected chi connectivity index (χ3v) is 1.47. The molecule has 0 aliphatic rings. The minimum Gasteiger partial charge on any atom is -0.465 e. The van der Waals surface area contributed by atoms with Gasteiger partial charge in [-0.2, -0.15) is 0 Å². The summed E-state index contributed by atoms with van der Waals surface area (Å²) in [6.07, 6.45) is 0. The van der Waals surface area contributed by atoms with E-state index in [4.69, 9.17) is 5.73 Å². The van der Waals surface area contributed by atoms with Gasteiger partial charge in [0.05, 0.1) is 6.61 Å². The van der Waals surface area contributed by atoms with Crippen LogP contribution in [0.4, 0.5) is 4.79 Å². The summed E-state index contributed by atoms with van der Waals surface area (Å²) in [4.78, 5) is 32.4. The molecule has 1 unspecified atom stereocenters. The number of hydrogen-bond donors (Lipinski definition) is 3. The van der Waals surface area contributed by atoms with Crippen LogP contribution in [0.1, 0.15) is 13.8 Å². The van der Waals surface area contributed by atoms with Crippen LogP contribution < -0.4 is 16.4 Å². The van der Waals surface area contributed by atoms with E-state index < -0.39 is 23.9 Å². The fraction of sp³-hybridized carbons (Fsp3) is 0.625. The summed E-state index contributed by atoms with van der Waals surface area (Å²) in [7, 11) is 0. The third kappa shape index (κ3) is 6.30. The monoisotopic (exact) mass is 217 g/mol. The molecule has 4 N–H and O–H groups in total. The predicted octanol–water partition coefficient (Wildman–Crippen LogP) is -1.28. The maximum Gasteiger partial charge on any atom is 0.325 e. The Kier molecular flexibility index (Phi) is 5.84. The van der Waals surface area contributed by atoms with Crippen LogP contribution >= 0.6 is 0 Å². The fourth-order valence-electron chi connectivity index (χ4n) is 0.683. The molecule has 0 heterocycles. The summed E-state index contributed by atoms with van der Waals surface area (Å²) in [5.41, 5.74) is 4.91. The lowest BCUT2D eigenvalue weighted by atomic mass is 10.3. The Bertz CT molecular complexity index is 254. The average molecular weight is 217 g/mol. The molecule has 7 heteroatoms. The van der Waals surface area contributed by atoms with Gasteiger partial charge in [-0.3, -0.25) is 9.59 Å². The van der Waals surface area contributed by atoms with Gasteiger partial charge in [-0.1, -0.05) is 0 Å². The molecular formula is C8H15N3O4. The van der Waals surface area contributed by atoms with Crippen LogP contribution in [0.25, 0.3) is 0 Å². The van der Waals surface area contributed by atoms with Crippen molar-refractivity contribution < 1.29 is 19.1 Å². The van der Waals surface area contributed by atoms with Crippen LogP contribution in [0.15, 0.2) is 0 Å². The smallest absolute Gasteiger partial charge is 0.325 e. The maximum absolute atomic E-state index is 11.0. The molecule has 0 spiro atoms. The highest BCUT2D eigenvalue weighted by molar-refractivity contribution is 5.86. The number of amides is 3. The normalized spacial score (nSPS) is 11.3. The van der Waals surface area contributed by atoms with E-state index in [0.717, 1.165) is 0 Å². The van der Waals surface area contributed by atoms with Gasteiger partial charge in [-0.25, -0.2) is 4.79 Å². The largest absolute Gasteiger partial charge is 0.465 e. The molecule has 0 saturated heterocycles. The molecule has 0 aliphatic heterocycles. The first-order chi connectivity index (χ1) is 6.97. The number of carbonyl (C=O) groups is 3. The van der Waals surface area contributed by atoms with Crippen LogP contribution in [-0.4, -0.2) is 37.1 Å². The minimum atomic E-state index is -0.785. The Labute approximate surface area is 87.3 Å². The number of hydrogen-bond acceptors (Lipinski definition) is 4. The molecule has 3 amide bonds. The first-order valence-electron chi connectivity index (χ1n) is 4.46. The lowest BCUT2D eigenvalue weighted by Crippen LogP contribution is -2.47. The molecule has 0 aromatic heterocycles. The SMILES string of the molecule is CCOC(=O)CNC(=O)NC(C)C(N)=O.